The Morgan fingerprint density at radius 1 is 1.33 bits per heavy atom. The second-order valence-electron chi connectivity index (χ2n) is 4.19. The van der Waals surface area contributed by atoms with Crippen LogP contribution in [0.1, 0.15) is 18.1 Å². The predicted octanol–water partition coefficient (Wildman–Crippen LogP) is 1.73. The van der Waals surface area contributed by atoms with Crippen molar-refractivity contribution in [2.45, 2.75) is 20.8 Å². The summed E-state index contributed by atoms with van der Waals surface area (Å²) in [4.78, 5) is 11.1. The summed E-state index contributed by atoms with van der Waals surface area (Å²) in [6.07, 6.45) is -0.411. The molecule has 0 radical (unpaired) electrons. The van der Waals surface area contributed by atoms with Gasteiger partial charge in [-0.05, 0) is 44.0 Å². The van der Waals surface area contributed by atoms with Crippen molar-refractivity contribution >= 4 is 11.8 Å². The number of carbonyl (C=O) groups excluding carboxylic acids is 1. The lowest BCUT2D eigenvalue weighted by atomic mass is 10.1. The average molecular weight is 251 g/mol. The predicted molar refractivity (Wildman–Crippen MR) is 72.5 cm³/mol. The number of hydrazine groups is 1. The van der Waals surface area contributed by atoms with Crippen LogP contribution in [0.4, 0.5) is 10.5 Å². The molecule has 5 nitrogen and oxygen atoms in total. The summed E-state index contributed by atoms with van der Waals surface area (Å²) in [7, 11) is 0. The smallest absolute Gasteiger partial charge is 0.407 e. The molecule has 0 saturated heterocycles. The maximum atomic E-state index is 11.1. The highest BCUT2D eigenvalue weighted by Crippen LogP contribution is 2.15. The zero-order valence-corrected chi connectivity index (χ0v) is 11.2. The number of carbonyl (C=O) groups is 1. The number of hydrogen-bond donors (Lipinski definition) is 2. The summed E-state index contributed by atoms with van der Waals surface area (Å²) in [6, 6.07) is 6.11. The fraction of sp³-hybridized carbons (Fsp3) is 0.462. The number of alkyl carbamates (subject to hydrolysis) is 1. The Kier molecular flexibility index (Phi) is 5.45. The molecule has 1 amide bonds. The third-order valence-electron chi connectivity index (χ3n) is 2.44. The van der Waals surface area contributed by atoms with Gasteiger partial charge in [0.15, 0.2) is 0 Å². The van der Waals surface area contributed by atoms with Crippen molar-refractivity contribution in [3.05, 3.63) is 29.3 Å². The Morgan fingerprint density at radius 3 is 2.50 bits per heavy atom. The van der Waals surface area contributed by atoms with Crippen LogP contribution in [0.3, 0.4) is 0 Å². The van der Waals surface area contributed by atoms with Gasteiger partial charge in [-0.25, -0.2) is 10.6 Å². The monoisotopic (exact) mass is 251 g/mol. The Bertz CT molecular complexity index is 387. The van der Waals surface area contributed by atoms with Crippen LogP contribution in [-0.4, -0.2) is 25.8 Å². The van der Waals surface area contributed by atoms with Gasteiger partial charge in [0.1, 0.15) is 0 Å². The first kappa shape index (κ1) is 14.3. The number of nitrogens with two attached hydrogens (primary N) is 1. The molecule has 1 aromatic rings. The van der Waals surface area contributed by atoms with Crippen LogP contribution in [0.2, 0.25) is 0 Å². The Labute approximate surface area is 108 Å². The SMILES string of the molecule is CCOC(=O)NCCN(N)c1cc(C)cc(C)c1. The summed E-state index contributed by atoms with van der Waals surface area (Å²) in [6.45, 7) is 7.17. The minimum atomic E-state index is -0.411. The van der Waals surface area contributed by atoms with E-state index in [-0.39, 0.29) is 0 Å². The van der Waals surface area contributed by atoms with Crippen molar-refractivity contribution < 1.29 is 9.53 Å². The van der Waals surface area contributed by atoms with E-state index >= 15 is 0 Å². The topological polar surface area (TPSA) is 67.6 Å². The van der Waals surface area contributed by atoms with E-state index in [1.165, 1.54) is 11.1 Å². The third-order valence-corrected chi connectivity index (χ3v) is 2.44. The number of aryl methyl sites for hydroxylation is 2. The lowest BCUT2D eigenvalue weighted by Crippen LogP contribution is -2.39. The number of nitrogens with one attached hydrogen (secondary N) is 1. The molecular weight excluding hydrogens is 230 g/mol. The van der Waals surface area contributed by atoms with Crippen molar-refractivity contribution in [1.82, 2.24) is 5.32 Å². The molecule has 0 aliphatic rings. The third kappa shape index (κ3) is 4.63. The van der Waals surface area contributed by atoms with Gasteiger partial charge in [-0.15, -0.1) is 0 Å². The largest absolute Gasteiger partial charge is 0.450 e. The fourth-order valence-corrected chi connectivity index (χ4v) is 1.71. The molecule has 5 heteroatoms. The average Bonchev–Trinajstić information content (AvgIpc) is 2.27. The normalized spacial score (nSPS) is 10.0. The van der Waals surface area contributed by atoms with Crippen LogP contribution in [0.25, 0.3) is 0 Å². The van der Waals surface area contributed by atoms with Gasteiger partial charge in [-0.3, -0.25) is 0 Å². The standard InChI is InChI=1S/C13H21N3O2/c1-4-18-13(17)15-5-6-16(14)12-8-10(2)7-11(3)9-12/h7-9H,4-6,14H2,1-3H3,(H,15,17). The first-order valence-corrected chi connectivity index (χ1v) is 6.04. The molecule has 3 N–H and O–H groups in total. The van der Waals surface area contributed by atoms with Crippen molar-refractivity contribution in [2.75, 3.05) is 24.7 Å². The molecule has 0 aromatic heterocycles. The fourth-order valence-electron chi connectivity index (χ4n) is 1.71. The number of rotatable bonds is 5. The summed E-state index contributed by atoms with van der Waals surface area (Å²) in [5.41, 5.74) is 3.27. The number of amides is 1. The van der Waals surface area contributed by atoms with Gasteiger partial charge in [0, 0.05) is 6.54 Å². The molecule has 0 aliphatic carbocycles. The zero-order valence-electron chi connectivity index (χ0n) is 11.2. The number of benzene rings is 1. The molecule has 0 atom stereocenters. The van der Waals surface area contributed by atoms with E-state index in [1.54, 1.807) is 11.9 Å². The second-order valence-corrected chi connectivity index (χ2v) is 4.19. The number of hydrogen-bond acceptors (Lipinski definition) is 4. The zero-order chi connectivity index (χ0) is 13.5. The van der Waals surface area contributed by atoms with Gasteiger partial charge in [0.05, 0.1) is 18.8 Å². The van der Waals surface area contributed by atoms with Gasteiger partial charge in [0.25, 0.3) is 0 Å². The highest BCUT2D eigenvalue weighted by molar-refractivity contribution is 5.67. The minimum Gasteiger partial charge on any atom is -0.450 e. The Hall–Kier alpha value is -1.75. The van der Waals surface area contributed by atoms with E-state index in [4.69, 9.17) is 10.6 Å². The van der Waals surface area contributed by atoms with E-state index in [2.05, 4.69) is 11.4 Å². The second kappa shape index (κ2) is 6.86. The lowest BCUT2D eigenvalue weighted by molar-refractivity contribution is 0.152. The molecule has 1 rings (SSSR count). The number of anilines is 1. The van der Waals surface area contributed by atoms with Crippen LogP contribution < -0.4 is 16.2 Å². The molecule has 0 bridgehead atoms. The van der Waals surface area contributed by atoms with E-state index < -0.39 is 6.09 Å². The quantitative estimate of drug-likeness (QED) is 0.618. The molecule has 0 heterocycles. The molecule has 0 unspecified atom stereocenters. The van der Waals surface area contributed by atoms with Crippen LogP contribution in [0, 0.1) is 13.8 Å². The first-order chi connectivity index (χ1) is 8.52. The Balaban J connectivity index is 2.45. The van der Waals surface area contributed by atoms with E-state index in [1.807, 2.05) is 26.0 Å². The van der Waals surface area contributed by atoms with Gasteiger partial charge in [0.2, 0.25) is 0 Å². The molecule has 100 valence electrons. The van der Waals surface area contributed by atoms with Crippen LogP contribution in [-0.2, 0) is 4.74 Å². The van der Waals surface area contributed by atoms with Gasteiger partial charge < -0.3 is 15.1 Å². The van der Waals surface area contributed by atoms with Crippen molar-refractivity contribution in [3.8, 4) is 0 Å². The minimum absolute atomic E-state index is 0.370. The number of nitrogens with zero attached hydrogens (tertiary/aromatic N) is 1. The summed E-state index contributed by atoms with van der Waals surface area (Å²) >= 11 is 0. The van der Waals surface area contributed by atoms with E-state index in [9.17, 15) is 4.79 Å². The van der Waals surface area contributed by atoms with Gasteiger partial charge >= 0.3 is 6.09 Å². The lowest BCUT2D eigenvalue weighted by Gasteiger charge is -2.20. The molecule has 18 heavy (non-hydrogen) atoms. The maximum Gasteiger partial charge on any atom is 0.407 e. The highest BCUT2D eigenvalue weighted by Gasteiger charge is 2.04. The first-order valence-electron chi connectivity index (χ1n) is 6.04. The molecule has 0 aliphatic heterocycles. The van der Waals surface area contributed by atoms with Crippen LogP contribution >= 0.6 is 0 Å². The molecule has 0 spiro atoms. The number of ether oxygens (including phenoxy) is 1. The van der Waals surface area contributed by atoms with Crippen LogP contribution in [0.5, 0.6) is 0 Å². The molecular formula is C13H21N3O2. The highest BCUT2D eigenvalue weighted by atomic mass is 16.5. The summed E-state index contributed by atoms with van der Waals surface area (Å²) in [5, 5.41) is 4.25. The maximum absolute atomic E-state index is 11.1. The van der Waals surface area contributed by atoms with Crippen molar-refractivity contribution in [1.29, 1.82) is 0 Å². The summed E-state index contributed by atoms with van der Waals surface area (Å²) < 4.78 is 4.76. The molecule has 0 fully saturated rings. The van der Waals surface area contributed by atoms with E-state index in [0.29, 0.717) is 19.7 Å². The van der Waals surface area contributed by atoms with Crippen molar-refractivity contribution in [3.63, 3.8) is 0 Å². The summed E-state index contributed by atoms with van der Waals surface area (Å²) in [5.74, 6) is 5.93. The Morgan fingerprint density at radius 2 is 1.94 bits per heavy atom. The van der Waals surface area contributed by atoms with Crippen molar-refractivity contribution in [2.24, 2.45) is 5.84 Å². The van der Waals surface area contributed by atoms with E-state index in [0.717, 1.165) is 5.69 Å². The van der Waals surface area contributed by atoms with Gasteiger partial charge in [-0.2, -0.15) is 0 Å². The molecule has 1 aromatic carbocycles. The van der Waals surface area contributed by atoms with Crippen LogP contribution in [0.15, 0.2) is 18.2 Å². The molecule has 0 saturated carbocycles. The van der Waals surface area contributed by atoms with Gasteiger partial charge in [-0.1, -0.05) is 6.07 Å².